The molecular weight excluding hydrogens is 202 g/mol. The molecule has 0 saturated carbocycles. The average molecular weight is 223 g/mol. The molecule has 0 amide bonds. The standard InChI is InChI=1S/C13H21NO2/c1-12(2)5-7-15-8-9-16-11-13-4-3-6-14-10-13/h3-4,6,10,12H,5,7-9,11H2,1-2H3. The Balaban J connectivity index is 1.93. The van der Waals surface area contributed by atoms with Crippen LogP contribution in [0.25, 0.3) is 0 Å². The number of pyridine rings is 1. The van der Waals surface area contributed by atoms with Gasteiger partial charge in [0.2, 0.25) is 0 Å². The first kappa shape index (κ1) is 13.1. The molecule has 0 radical (unpaired) electrons. The Kier molecular flexibility index (Phi) is 6.77. The molecule has 90 valence electrons. The number of rotatable bonds is 8. The number of hydrogen-bond acceptors (Lipinski definition) is 3. The smallest absolute Gasteiger partial charge is 0.0732 e. The van der Waals surface area contributed by atoms with Gasteiger partial charge in [0, 0.05) is 19.0 Å². The summed E-state index contributed by atoms with van der Waals surface area (Å²) in [5.74, 6) is 0.705. The highest BCUT2D eigenvalue weighted by Gasteiger charge is 1.95. The average Bonchev–Trinajstić information content (AvgIpc) is 2.29. The number of hydrogen-bond donors (Lipinski definition) is 0. The summed E-state index contributed by atoms with van der Waals surface area (Å²) < 4.78 is 10.9. The third kappa shape index (κ3) is 6.53. The molecule has 0 N–H and O–H groups in total. The summed E-state index contributed by atoms with van der Waals surface area (Å²) in [5.41, 5.74) is 1.10. The maximum atomic E-state index is 5.46. The van der Waals surface area contributed by atoms with E-state index in [0.29, 0.717) is 25.7 Å². The van der Waals surface area contributed by atoms with Gasteiger partial charge in [0.15, 0.2) is 0 Å². The van der Waals surface area contributed by atoms with E-state index in [0.717, 1.165) is 18.6 Å². The van der Waals surface area contributed by atoms with Gasteiger partial charge in [-0.15, -0.1) is 0 Å². The molecule has 1 heterocycles. The van der Waals surface area contributed by atoms with E-state index in [9.17, 15) is 0 Å². The van der Waals surface area contributed by atoms with Crippen molar-refractivity contribution in [3.8, 4) is 0 Å². The van der Waals surface area contributed by atoms with E-state index in [4.69, 9.17) is 9.47 Å². The minimum absolute atomic E-state index is 0.612. The van der Waals surface area contributed by atoms with Crippen molar-refractivity contribution in [2.75, 3.05) is 19.8 Å². The second-order valence-corrected chi connectivity index (χ2v) is 4.21. The van der Waals surface area contributed by atoms with Crippen molar-refractivity contribution >= 4 is 0 Å². The molecule has 0 aromatic carbocycles. The van der Waals surface area contributed by atoms with Crippen LogP contribution in [0.15, 0.2) is 24.5 Å². The van der Waals surface area contributed by atoms with Crippen LogP contribution in [-0.2, 0) is 16.1 Å². The van der Waals surface area contributed by atoms with Crippen LogP contribution in [0.2, 0.25) is 0 Å². The van der Waals surface area contributed by atoms with Gasteiger partial charge >= 0.3 is 0 Å². The Morgan fingerprint density at radius 1 is 1.19 bits per heavy atom. The minimum Gasteiger partial charge on any atom is -0.379 e. The summed E-state index contributed by atoms with van der Waals surface area (Å²) in [6.07, 6.45) is 4.70. The fraction of sp³-hybridized carbons (Fsp3) is 0.615. The van der Waals surface area contributed by atoms with Crippen molar-refractivity contribution in [2.45, 2.75) is 26.9 Å². The van der Waals surface area contributed by atoms with Crippen molar-refractivity contribution in [1.82, 2.24) is 4.98 Å². The zero-order valence-corrected chi connectivity index (χ0v) is 10.2. The molecule has 1 rings (SSSR count). The zero-order chi connectivity index (χ0) is 11.6. The van der Waals surface area contributed by atoms with Crippen molar-refractivity contribution in [3.63, 3.8) is 0 Å². The summed E-state index contributed by atoms with van der Waals surface area (Å²) >= 11 is 0. The monoisotopic (exact) mass is 223 g/mol. The topological polar surface area (TPSA) is 31.4 Å². The van der Waals surface area contributed by atoms with Gasteiger partial charge in [-0.2, -0.15) is 0 Å². The summed E-state index contributed by atoms with van der Waals surface area (Å²) in [5, 5.41) is 0. The van der Waals surface area contributed by atoms with Crippen LogP contribution in [0.3, 0.4) is 0 Å². The van der Waals surface area contributed by atoms with Crippen molar-refractivity contribution in [3.05, 3.63) is 30.1 Å². The highest BCUT2D eigenvalue weighted by Crippen LogP contribution is 2.00. The predicted octanol–water partition coefficient (Wildman–Crippen LogP) is 2.66. The Morgan fingerprint density at radius 2 is 2.00 bits per heavy atom. The second kappa shape index (κ2) is 8.25. The maximum Gasteiger partial charge on any atom is 0.0732 e. The van der Waals surface area contributed by atoms with Crippen molar-refractivity contribution < 1.29 is 9.47 Å². The van der Waals surface area contributed by atoms with E-state index in [1.165, 1.54) is 0 Å². The van der Waals surface area contributed by atoms with Crippen LogP contribution in [0.5, 0.6) is 0 Å². The summed E-state index contributed by atoms with van der Waals surface area (Å²) in [6.45, 7) is 7.15. The highest BCUT2D eigenvalue weighted by atomic mass is 16.5. The summed E-state index contributed by atoms with van der Waals surface area (Å²) in [7, 11) is 0. The van der Waals surface area contributed by atoms with Crippen LogP contribution in [0, 0.1) is 5.92 Å². The molecule has 0 fully saturated rings. The van der Waals surface area contributed by atoms with Crippen LogP contribution in [0.4, 0.5) is 0 Å². The summed E-state index contributed by atoms with van der Waals surface area (Å²) in [6, 6.07) is 3.92. The lowest BCUT2D eigenvalue weighted by Crippen LogP contribution is -2.06. The fourth-order valence-corrected chi connectivity index (χ4v) is 1.21. The lowest BCUT2D eigenvalue weighted by atomic mass is 10.1. The predicted molar refractivity (Wildman–Crippen MR) is 64.2 cm³/mol. The van der Waals surface area contributed by atoms with Crippen molar-refractivity contribution in [1.29, 1.82) is 0 Å². The third-order valence-electron chi connectivity index (χ3n) is 2.20. The number of ether oxygens (including phenoxy) is 2. The van der Waals surface area contributed by atoms with E-state index in [2.05, 4.69) is 18.8 Å². The Hall–Kier alpha value is -0.930. The molecule has 0 aliphatic carbocycles. The lowest BCUT2D eigenvalue weighted by Gasteiger charge is -2.07. The minimum atomic E-state index is 0.612. The van der Waals surface area contributed by atoms with Gasteiger partial charge in [-0.25, -0.2) is 0 Å². The molecule has 1 aromatic rings. The first-order valence-electron chi connectivity index (χ1n) is 5.83. The van der Waals surface area contributed by atoms with Crippen LogP contribution >= 0.6 is 0 Å². The van der Waals surface area contributed by atoms with Gasteiger partial charge in [0.1, 0.15) is 0 Å². The van der Waals surface area contributed by atoms with E-state index in [1.807, 2.05) is 18.3 Å². The Morgan fingerprint density at radius 3 is 2.69 bits per heavy atom. The van der Waals surface area contributed by atoms with E-state index in [1.54, 1.807) is 6.20 Å². The van der Waals surface area contributed by atoms with Gasteiger partial charge in [-0.1, -0.05) is 19.9 Å². The number of aromatic nitrogens is 1. The van der Waals surface area contributed by atoms with Gasteiger partial charge in [-0.3, -0.25) is 4.98 Å². The van der Waals surface area contributed by atoms with Crippen LogP contribution in [-0.4, -0.2) is 24.8 Å². The number of nitrogens with zero attached hydrogens (tertiary/aromatic N) is 1. The SMILES string of the molecule is CC(C)CCOCCOCc1cccnc1. The van der Waals surface area contributed by atoms with Gasteiger partial charge < -0.3 is 9.47 Å². The molecule has 0 aliphatic heterocycles. The molecule has 0 bridgehead atoms. The molecule has 0 aliphatic rings. The third-order valence-corrected chi connectivity index (χ3v) is 2.20. The first-order valence-corrected chi connectivity index (χ1v) is 5.83. The quantitative estimate of drug-likeness (QED) is 0.635. The summed E-state index contributed by atoms with van der Waals surface area (Å²) in [4.78, 5) is 4.02. The lowest BCUT2D eigenvalue weighted by molar-refractivity contribution is 0.0371. The molecule has 1 aromatic heterocycles. The normalized spacial score (nSPS) is 10.9. The van der Waals surface area contributed by atoms with Crippen molar-refractivity contribution in [2.24, 2.45) is 5.92 Å². The van der Waals surface area contributed by atoms with Gasteiger partial charge in [-0.05, 0) is 24.0 Å². The largest absolute Gasteiger partial charge is 0.379 e. The van der Waals surface area contributed by atoms with E-state index >= 15 is 0 Å². The van der Waals surface area contributed by atoms with Crippen LogP contribution < -0.4 is 0 Å². The van der Waals surface area contributed by atoms with Gasteiger partial charge in [0.25, 0.3) is 0 Å². The van der Waals surface area contributed by atoms with Gasteiger partial charge in [0.05, 0.1) is 19.8 Å². The first-order chi connectivity index (χ1) is 7.79. The second-order valence-electron chi connectivity index (χ2n) is 4.21. The zero-order valence-electron chi connectivity index (χ0n) is 10.2. The molecule has 3 nitrogen and oxygen atoms in total. The van der Waals surface area contributed by atoms with Crippen LogP contribution in [0.1, 0.15) is 25.8 Å². The molecular formula is C13H21NO2. The Bertz CT molecular complexity index is 262. The molecule has 0 spiro atoms. The van der Waals surface area contributed by atoms with E-state index < -0.39 is 0 Å². The Labute approximate surface area is 97.8 Å². The maximum absolute atomic E-state index is 5.46. The molecule has 0 atom stereocenters. The van der Waals surface area contributed by atoms with E-state index in [-0.39, 0.29) is 0 Å². The molecule has 0 unspecified atom stereocenters. The molecule has 0 saturated heterocycles. The molecule has 16 heavy (non-hydrogen) atoms. The fourth-order valence-electron chi connectivity index (χ4n) is 1.21. The highest BCUT2D eigenvalue weighted by molar-refractivity contribution is 5.06. The molecule has 3 heteroatoms.